The Morgan fingerprint density at radius 1 is 0.962 bits per heavy atom. The van der Waals surface area contributed by atoms with Gasteiger partial charge < -0.3 is 25.2 Å². The number of hydrogen-bond donors (Lipinski definition) is 5. The molecule has 1 unspecified atom stereocenters. The van der Waals surface area contributed by atoms with Crippen molar-refractivity contribution in [1.29, 1.82) is 0 Å². The Labute approximate surface area is 151 Å². The van der Waals surface area contributed by atoms with E-state index < -0.39 is 37.3 Å². The van der Waals surface area contributed by atoms with Crippen LogP contribution in [0, 0.1) is 0 Å². The molecule has 1 saturated heterocycles. The molecule has 0 saturated carbocycles. The van der Waals surface area contributed by atoms with Crippen LogP contribution in [0.1, 0.15) is 17.2 Å². The topological polar surface area (TPSA) is 111 Å². The summed E-state index contributed by atoms with van der Waals surface area (Å²) in [5.41, 5.74) is 4.77. The van der Waals surface area contributed by atoms with Crippen molar-refractivity contribution in [2.75, 3.05) is 6.61 Å². The lowest BCUT2D eigenvalue weighted by Gasteiger charge is -2.24. The van der Waals surface area contributed by atoms with E-state index in [-0.39, 0.29) is 6.04 Å². The zero-order valence-electron chi connectivity index (χ0n) is 14.1. The van der Waals surface area contributed by atoms with Crippen LogP contribution < -0.4 is 5.48 Å². The molecular weight excluding hydrogens is 338 g/mol. The molecule has 2 aromatic carbocycles. The van der Waals surface area contributed by atoms with Crippen molar-refractivity contribution >= 4 is 0 Å². The lowest BCUT2D eigenvalue weighted by Crippen LogP contribution is -2.44. The maximum absolute atomic E-state index is 10.3. The van der Waals surface area contributed by atoms with Gasteiger partial charge in [0.1, 0.15) is 18.3 Å². The summed E-state index contributed by atoms with van der Waals surface area (Å²) in [6.45, 7) is -0.592. The zero-order valence-corrected chi connectivity index (χ0v) is 14.1. The van der Waals surface area contributed by atoms with Crippen molar-refractivity contribution in [2.24, 2.45) is 0 Å². The van der Waals surface area contributed by atoms with E-state index in [0.717, 1.165) is 11.1 Å². The Morgan fingerprint density at radius 2 is 1.50 bits per heavy atom. The third kappa shape index (κ3) is 4.11. The van der Waals surface area contributed by atoms with Crippen LogP contribution in [0.25, 0.3) is 0 Å². The maximum atomic E-state index is 10.3. The van der Waals surface area contributed by atoms with Crippen LogP contribution in [0.2, 0.25) is 0 Å². The van der Waals surface area contributed by atoms with E-state index in [0.29, 0.717) is 0 Å². The molecule has 1 aliphatic rings. The molecule has 140 valence electrons. The van der Waals surface area contributed by atoms with Crippen LogP contribution in [0.3, 0.4) is 0 Å². The molecule has 0 aliphatic carbocycles. The Bertz CT molecular complexity index is 631. The average molecular weight is 361 g/mol. The number of rotatable bonds is 7. The predicted octanol–water partition coefficient (Wildman–Crippen LogP) is 0.0971. The summed E-state index contributed by atoms with van der Waals surface area (Å²) in [6, 6.07) is 18.8. The highest BCUT2D eigenvalue weighted by atomic mass is 16.7. The fourth-order valence-electron chi connectivity index (χ4n) is 2.99. The van der Waals surface area contributed by atoms with Gasteiger partial charge >= 0.3 is 0 Å². The molecule has 1 fully saturated rings. The van der Waals surface area contributed by atoms with Crippen molar-refractivity contribution in [3.63, 3.8) is 0 Å². The maximum Gasteiger partial charge on any atom is 0.186 e. The van der Waals surface area contributed by atoms with E-state index in [2.05, 4.69) is 5.48 Å². The minimum absolute atomic E-state index is 0.335. The molecule has 0 bridgehead atoms. The Hall–Kier alpha value is -1.84. The second-order valence-corrected chi connectivity index (χ2v) is 6.19. The first-order valence-corrected chi connectivity index (χ1v) is 8.43. The summed E-state index contributed by atoms with van der Waals surface area (Å²) in [7, 11) is 0. The molecule has 0 aromatic heterocycles. The molecule has 7 heteroatoms. The van der Waals surface area contributed by atoms with E-state index in [1.165, 1.54) is 0 Å². The van der Waals surface area contributed by atoms with Crippen LogP contribution in [-0.2, 0) is 9.57 Å². The summed E-state index contributed by atoms with van der Waals surface area (Å²) in [5, 5.41) is 38.9. The van der Waals surface area contributed by atoms with E-state index in [1.54, 1.807) is 0 Å². The molecule has 0 amide bonds. The van der Waals surface area contributed by atoms with Crippen LogP contribution >= 0.6 is 0 Å². The predicted molar refractivity (Wildman–Crippen MR) is 92.7 cm³/mol. The molecule has 5 atom stereocenters. The smallest absolute Gasteiger partial charge is 0.186 e. The third-order valence-corrected chi connectivity index (χ3v) is 4.40. The Kier molecular flexibility index (Phi) is 6.33. The molecule has 3 rings (SSSR count). The van der Waals surface area contributed by atoms with Crippen molar-refractivity contribution < 1.29 is 30.0 Å². The number of benzene rings is 2. The molecule has 0 radical (unpaired) electrons. The van der Waals surface area contributed by atoms with E-state index in [9.17, 15) is 15.3 Å². The van der Waals surface area contributed by atoms with Crippen molar-refractivity contribution in [3.8, 4) is 0 Å². The van der Waals surface area contributed by atoms with Gasteiger partial charge in [0.2, 0.25) is 0 Å². The molecule has 5 N–H and O–H groups in total. The number of aliphatic hydroxyl groups is 4. The number of nitrogens with one attached hydrogen (secondary N) is 1. The number of ether oxygens (including phenoxy) is 1. The van der Waals surface area contributed by atoms with Gasteiger partial charge in [-0.3, -0.25) is 4.84 Å². The van der Waals surface area contributed by atoms with Gasteiger partial charge in [0.25, 0.3) is 0 Å². The number of hydroxylamine groups is 1. The number of aliphatic hydroxyl groups excluding tert-OH is 4. The van der Waals surface area contributed by atoms with Crippen LogP contribution in [0.5, 0.6) is 0 Å². The minimum atomic E-state index is -1.43. The lowest BCUT2D eigenvalue weighted by molar-refractivity contribution is -0.175. The van der Waals surface area contributed by atoms with Crippen LogP contribution in [0.4, 0.5) is 0 Å². The quantitative estimate of drug-likeness (QED) is 0.445. The summed E-state index contributed by atoms with van der Waals surface area (Å²) < 4.78 is 5.11. The highest BCUT2D eigenvalue weighted by Crippen LogP contribution is 2.27. The fourth-order valence-corrected chi connectivity index (χ4v) is 2.99. The lowest BCUT2D eigenvalue weighted by atomic mass is 10.00. The summed E-state index contributed by atoms with van der Waals surface area (Å²) in [5.74, 6) is 0. The third-order valence-electron chi connectivity index (χ3n) is 4.40. The number of hydrogen-bond acceptors (Lipinski definition) is 7. The normalized spacial score (nSPS) is 27.0. The van der Waals surface area contributed by atoms with Gasteiger partial charge in [-0.05, 0) is 11.1 Å². The molecule has 2 aromatic rings. The van der Waals surface area contributed by atoms with Gasteiger partial charge in [-0.25, -0.2) is 0 Å². The highest BCUT2D eigenvalue weighted by molar-refractivity contribution is 5.31. The van der Waals surface area contributed by atoms with Gasteiger partial charge in [0.15, 0.2) is 12.4 Å². The average Bonchev–Trinajstić information content (AvgIpc) is 2.97. The summed E-state index contributed by atoms with van der Waals surface area (Å²) in [4.78, 5) is 5.56. The monoisotopic (exact) mass is 361 g/mol. The summed E-state index contributed by atoms with van der Waals surface area (Å²) in [6.07, 6.45) is -6.29. The van der Waals surface area contributed by atoms with Gasteiger partial charge in [0.05, 0.1) is 12.6 Å². The second-order valence-electron chi connectivity index (χ2n) is 6.19. The van der Waals surface area contributed by atoms with Crippen LogP contribution in [-0.4, -0.2) is 57.7 Å². The van der Waals surface area contributed by atoms with E-state index in [1.807, 2.05) is 60.7 Å². The highest BCUT2D eigenvalue weighted by Gasteiger charge is 2.47. The van der Waals surface area contributed by atoms with Crippen LogP contribution in [0.15, 0.2) is 60.7 Å². The first-order valence-electron chi connectivity index (χ1n) is 8.43. The Balaban J connectivity index is 1.74. The zero-order chi connectivity index (χ0) is 18.5. The standard InChI is InChI=1S/C19H23NO6/c21-11-14(22)17-16(23)18(19(24)25-17)26-20-15(12-7-3-1-4-8-12)13-9-5-2-6-10-13/h1-10,14-24H,11H2/t14-,16+,17-,18+,19?/m1/s1. The molecular formula is C19H23NO6. The van der Waals surface area contributed by atoms with E-state index >= 15 is 0 Å². The SMILES string of the molecule is OC[C@@H](O)[C@H]1OC(O)[C@@H](ONC(c2ccccc2)c2ccccc2)[C@H]1O. The Morgan fingerprint density at radius 3 is 2.00 bits per heavy atom. The largest absolute Gasteiger partial charge is 0.394 e. The first-order chi connectivity index (χ1) is 12.6. The minimum Gasteiger partial charge on any atom is -0.394 e. The second kappa shape index (κ2) is 8.70. The molecule has 26 heavy (non-hydrogen) atoms. The van der Waals surface area contributed by atoms with Crippen molar-refractivity contribution in [3.05, 3.63) is 71.8 Å². The van der Waals surface area contributed by atoms with Gasteiger partial charge in [-0.15, -0.1) is 0 Å². The summed E-state index contributed by atoms with van der Waals surface area (Å²) >= 11 is 0. The van der Waals surface area contributed by atoms with Crippen molar-refractivity contribution in [1.82, 2.24) is 5.48 Å². The van der Waals surface area contributed by atoms with Crippen molar-refractivity contribution in [2.45, 2.75) is 36.7 Å². The van der Waals surface area contributed by atoms with Gasteiger partial charge in [-0.2, -0.15) is 5.48 Å². The van der Waals surface area contributed by atoms with E-state index in [4.69, 9.17) is 14.7 Å². The van der Waals surface area contributed by atoms with Gasteiger partial charge in [0, 0.05) is 0 Å². The first kappa shape index (κ1) is 18.9. The molecule has 7 nitrogen and oxygen atoms in total. The molecule has 1 heterocycles. The fraction of sp³-hybridized carbons (Fsp3) is 0.368. The van der Waals surface area contributed by atoms with Gasteiger partial charge in [-0.1, -0.05) is 60.7 Å². The molecule has 1 aliphatic heterocycles. The molecule has 0 spiro atoms.